The van der Waals surface area contributed by atoms with E-state index in [4.69, 9.17) is 4.74 Å². The first-order valence-corrected chi connectivity index (χ1v) is 7.00. The third kappa shape index (κ3) is 2.22. The Labute approximate surface area is 114 Å². The van der Waals surface area contributed by atoms with Gasteiger partial charge in [0.15, 0.2) is 5.72 Å². The summed E-state index contributed by atoms with van der Waals surface area (Å²) in [5, 5.41) is 3.11. The van der Waals surface area contributed by atoms with Crippen molar-refractivity contribution in [3.8, 4) is 5.75 Å². The van der Waals surface area contributed by atoms with E-state index in [0.29, 0.717) is 11.5 Å². The fourth-order valence-corrected chi connectivity index (χ4v) is 3.92. The van der Waals surface area contributed by atoms with Crippen molar-refractivity contribution in [3.63, 3.8) is 0 Å². The van der Waals surface area contributed by atoms with Crippen molar-refractivity contribution < 1.29 is 9.53 Å². The number of carbonyl (C=O) groups is 1. The minimum absolute atomic E-state index is 0.00764. The van der Waals surface area contributed by atoms with E-state index < -0.39 is 5.72 Å². The third-order valence-corrected chi connectivity index (χ3v) is 4.12. The number of para-hydroxylation sites is 1. The van der Waals surface area contributed by atoms with Gasteiger partial charge in [-0.25, -0.2) is 0 Å². The van der Waals surface area contributed by atoms with Crippen molar-refractivity contribution in [2.75, 3.05) is 0 Å². The summed E-state index contributed by atoms with van der Waals surface area (Å²) >= 11 is 0. The molecule has 19 heavy (non-hydrogen) atoms. The van der Waals surface area contributed by atoms with Crippen LogP contribution in [-0.2, 0) is 0 Å². The number of rotatable bonds is 0. The average molecular weight is 259 g/mol. The Morgan fingerprint density at radius 2 is 2.00 bits per heavy atom. The molecule has 1 saturated carbocycles. The number of hydrogen-bond donors (Lipinski definition) is 1. The predicted octanol–water partition coefficient (Wildman–Crippen LogP) is 3.35. The van der Waals surface area contributed by atoms with Crippen LogP contribution in [0.3, 0.4) is 0 Å². The van der Waals surface area contributed by atoms with Gasteiger partial charge < -0.3 is 10.1 Å². The summed E-state index contributed by atoms with van der Waals surface area (Å²) in [5.41, 5.74) is 0.313. The summed E-state index contributed by atoms with van der Waals surface area (Å²) in [6, 6.07) is 7.49. The molecule has 0 radical (unpaired) electrons. The minimum Gasteiger partial charge on any atom is -0.467 e. The zero-order chi connectivity index (χ0) is 13.7. The lowest BCUT2D eigenvalue weighted by Gasteiger charge is -2.49. The van der Waals surface area contributed by atoms with Crippen LogP contribution in [0.1, 0.15) is 50.4 Å². The van der Waals surface area contributed by atoms with E-state index in [1.54, 1.807) is 0 Å². The summed E-state index contributed by atoms with van der Waals surface area (Å²) in [6.07, 6.45) is 2.93. The highest BCUT2D eigenvalue weighted by atomic mass is 16.5. The molecule has 1 aromatic carbocycles. The Balaban J connectivity index is 1.97. The van der Waals surface area contributed by atoms with Crippen molar-refractivity contribution in [3.05, 3.63) is 29.8 Å². The van der Waals surface area contributed by atoms with Crippen LogP contribution in [0.15, 0.2) is 24.3 Å². The first-order valence-electron chi connectivity index (χ1n) is 7.00. The fourth-order valence-electron chi connectivity index (χ4n) is 3.92. The predicted molar refractivity (Wildman–Crippen MR) is 74.1 cm³/mol. The van der Waals surface area contributed by atoms with E-state index in [9.17, 15) is 4.79 Å². The average Bonchev–Trinajstić information content (AvgIpc) is 2.25. The van der Waals surface area contributed by atoms with Crippen molar-refractivity contribution >= 4 is 5.91 Å². The number of hydrogen-bond acceptors (Lipinski definition) is 2. The number of nitrogens with one attached hydrogen (secondary N) is 1. The molecule has 1 N–H and O–H groups in total. The molecular formula is C16H21NO2. The second-order valence-corrected chi connectivity index (χ2v) is 6.90. The fraction of sp³-hybridized carbons (Fsp3) is 0.562. The highest BCUT2D eigenvalue weighted by Gasteiger charge is 2.48. The quantitative estimate of drug-likeness (QED) is 0.776. The second-order valence-electron chi connectivity index (χ2n) is 6.90. The van der Waals surface area contributed by atoms with E-state index in [0.717, 1.165) is 18.6 Å². The summed E-state index contributed by atoms with van der Waals surface area (Å²) in [5.74, 6) is 1.26. The molecule has 1 amide bonds. The standard InChI is InChI=1S/C16H21NO2/c1-11-8-15(2,3)10-16(9-11)17-14(18)12-6-4-5-7-13(12)19-16/h4-7,11H,8-10H2,1-3H3,(H,17,18)/t11-,16+/m1/s1. The van der Waals surface area contributed by atoms with Gasteiger partial charge in [0.1, 0.15) is 5.75 Å². The number of benzene rings is 1. The Kier molecular flexibility index (Phi) is 2.63. The van der Waals surface area contributed by atoms with Gasteiger partial charge >= 0.3 is 0 Å². The van der Waals surface area contributed by atoms with Gasteiger partial charge in [-0.1, -0.05) is 32.9 Å². The van der Waals surface area contributed by atoms with E-state index in [1.807, 2.05) is 24.3 Å². The Hall–Kier alpha value is -1.51. The number of amides is 1. The van der Waals surface area contributed by atoms with Crippen molar-refractivity contribution in [2.45, 2.75) is 45.8 Å². The first kappa shape index (κ1) is 12.5. The van der Waals surface area contributed by atoms with Crippen molar-refractivity contribution in [2.24, 2.45) is 11.3 Å². The Morgan fingerprint density at radius 1 is 1.26 bits per heavy atom. The molecule has 2 aliphatic rings. The van der Waals surface area contributed by atoms with Gasteiger partial charge in [-0.05, 0) is 29.9 Å². The SMILES string of the molecule is C[C@@H]1CC(C)(C)C[C@@]2(C1)NC(=O)c1ccccc1O2. The van der Waals surface area contributed by atoms with Crippen LogP contribution in [0.25, 0.3) is 0 Å². The summed E-state index contributed by atoms with van der Waals surface area (Å²) in [4.78, 5) is 12.3. The molecule has 2 atom stereocenters. The minimum atomic E-state index is -0.521. The monoisotopic (exact) mass is 259 g/mol. The van der Waals surface area contributed by atoms with Gasteiger partial charge in [0, 0.05) is 12.8 Å². The van der Waals surface area contributed by atoms with Crippen LogP contribution >= 0.6 is 0 Å². The van der Waals surface area contributed by atoms with Crippen LogP contribution in [0.4, 0.5) is 0 Å². The molecule has 0 unspecified atom stereocenters. The summed E-state index contributed by atoms with van der Waals surface area (Å²) in [7, 11) is 0. The maximum atomic E-state index is 12.3. The highest BCUT2D eigenvalue weighted by molar-refractivity contribution is 5.98. The molecule has 1 spiro atoms. The Morgan fingerprint density at radius 3 is 2.74 bits per heavy atom. The third-order valence-electron chi connectivity index (χ3n) is 4.12. The topological polar surface area (TPSA) is 38.3 Å². The second kappa shape index (κ2) is 3.99. The van der Waals surface area contributed by atoms with Gasteiger partial charge in [0.2, 0.25) is 0 Å². The molecule has 1 aliphatic heterocycles. The van der Waals surface area contributed by atoms with Crippen LogP contribution in [-0.4, -0.2) is 11.6 Å². The van der Waals surface area contributed by atoms with Gasteiger partial charge in [0.05, 0.1) is 5.56 Å². The molecule has 1 fully saturated rings. The lowest BCUT2D eigenvalue weighted by molar-refractivity contribution is -0.0618. The van der Waals surface area contributed by atoms with Crippen LogP contribution in [0.5, 0.6) is 5.75 Å². The molecule has 1 heterocycles. The molecule has 3 rings (SSSR count). The Bertz CT molecular complexity index is 523. The van der Waals surface area contributed by atoms with E-state index >= 15 is 0 Å². The van der Waals surface area contributed by atoms with Gasteiger partial charge in [-0.2, -0.15) is 0 Å². The smallest absolute Gasteiger partial charge is 0.258 e. The van der Waals surface area contributed by atoms with Gasteiger partial charge in [0.25, 0.3) is 5.91 Å². The molecule has 1 aliphatic carbocycles. The van der Waals surface area contributed by atoms with Crippen LogP contribution in [0, 0.1) is 11.3 Å². The maximum Gasteiger partial charge on any atom is 0.258 e. The van der Waals surface area contributed by atoms with E-state index in [1.165, 1.54) is 6.42 Å². The lowest BCUT2D eigenvalue weighted by Crippen LogP contribution is -2.60. The molecule has 1 aromatic rings. The van der Waals surface area contributed by atoms with E-state index in [-0.39, 0.29) is 11.3 Å². The molecular weight excluding hydrogens is 238 g/mol. The zero-order valence-electron chi connectivity index (χ0n) is 11.8. The first-order chi connectivity index (χ1) is 8.89. The van der Waals surface area contributed by atoms with Crippen molar-refractivity contribution in [1.29, 1.82) is 0 Å². The molecule has 0 saturated heterocycles. The molecule has 0 aromatic heterocycles. The maximum absolute atomic E-state index is 12.3. The molecule has 0 bridgehead atoms. The largest absolute Gasteiger partial charge is 0.467 e. The van der Waals surface area contributed by atoms with Crippen LogP contribution in [0.2, 0.25) is 0 Å². The highest BCUT2D eigenvalue weighted by Crippen LogP contribution is 2.46. The molecule has 102 valence electrons. The van der Waals surface area contributed by atoms with Crippen molar-refractivity contribution in [1.82, 2.24) is 5.32 Å². The van der Waals surface area contributed by atoms with Gasteiger partial charge in [-0.15, -0.1) is 0 Å². The summed E-state index contributed by atoms with van der Waals surface area (Å²) in [6.45, 7) is 6.74. The molecule has 3 heteroatoms. The number of fused-ring (bicyclic) bond motifs is 1. The van der Waals surface area contributed by atoms with Gasteiger partial charge in [-0.3, -0.25) is 4.79 Å². The van der Waals surface area contributed by atoms with Crippen LogP contribution < -0.4 is 10.1 Å². The number of carbonyl (C=O) groups excluding carboxylic acids is 1. The van der Waals surface area contributed by atoms with E-state index in [2.05, 4.69) is 26.1 Å². The molecule has 3 nitrogen and oxygen atoms in total. The summed E-state index contributed by atoms with van der Waals surface area (Å²) < 4.78 is 6.20. The number of ether oxygens (including phenoxy) is 1. The lowest BCUT2D eigenvalue weighted by atomic mass is 9.68. The zero-order valence-corrected chi connectivity index (χ0v) is 11.8. The normalized spacial score (nSPS) is 32.4.